The zero-order chi connectivity index (χ0) is 28.6. The molecule has 0 aliphatic carbocycles. The Morgan fingerprint density at radius 2 is 1.69 bits per heavy atom. The third-order valence-corrected chi connectivity index (χ3v) is 7.52. The minimum atomic E-state index is -3.63. The maximum absolute atomic E-state index is 13.4. The molecule has 214 valence electrons. The van der Waals surface area contributed by atoms with E-state index in [-0.39, 0.29) is 43.7 Å². The van der Waals surface area contributed by atoms with Gasteiger partial charge in [0.25, 0.3) is 0 Å². The molecule has 0 saturated heterocycles. The fraction of sp³-hybridized carbons (Fsp3) is 0.500. The Bertz CT molecular complexity index is 1230. The first kappa shape index (κ1) is 30.1. The third kappa shape index (κ3) is 8.51. The minimum Gasteiger partial charge on any atom is -0.497 e. The SMILES string of the molecule is COc1ccc(CN(C(=O)CCCN(c2ccc3c(c2)OCCO3)S(C)(=O)=O)[C@H](C)C(=O)NCC(C)C)cc1. The van der Waals surface area contributed by atoms with Gasteiger partial charge in [-0.2, -0.15) is 0 Å². The number of fused-ring (bicyclic) bond motifs is 1. The normalized spacial score (nSPS) is 13.5. The van der Waals surface area contributed by atoms with Crippen LogP contribution in [-0.4, -0.2) is 70.8 Å². The second-order valence-electron chi connectivity index (χ2n) is 9.95. The number of anilines is 1. The van der Waals surface area contributed by atoms with Crippen LogP contribution in [0.3, 0.4) is 0 Å². The van der Waals surface area contributed by atoms with Crippen LogP contribution in [-0.2, 0) is 26.2 Å². The van der Waals surface area contributed by atoms with Gasteiger partial charge in [0.2, 0.25) is 21.8 Å². The average Bonchev–Trinajstić information content (AvgIpc) is 2.91. The average molecular weight is 562 g/mol. The highest BCUT2D eigenvalue weighted by atomic mass is 32.2. The lowest BCUT2D eigenvalue weighted by molar-refractivity contribution is -0.140. The minimum absolute atomic E-state index is 0.0640. The van der Waals surface area contributed by atoms with Crippen molar-refractivity contribution in [2.75, 3.05) is 44.0 Å². The molecule has 0 saturated carbocycles. The summed E-state index contributed by atoms with van der Waals surface area (Å²) in [5.74, 6) is 1.53. The van der Waals surface area contributed by atoms with Crippen LogP contribution in [0.5, 0.6) is 17.2 Å². The highest BCUT2D eigenvalue weighted by molar-refractivity contribution is 7.92. The van der Waals surface area contributed by atoms with Crippen LogP contribution >= 0.6 is 0 Å². The number of nitrogens with one attached hydrogen (secondary N) is 1. The van der Waals surface area contributed by atoms with Crippen LogP contribution in [0, 0.1) is 5.92 Å². The first-order valence-corrected chi connectivity index (χ1v) is 14.9. The number of carbonyl (C=O) groups excluding carboxylic acids is 2. The van der Waals surface area contributed by atoms with E-state index in [2.05, 4.69) is 5.32 Å². The van der Waals surface area contributed by atoms with Crippen molar-refractivity contribution in [3.63, 3.8) is 0 Å². The maximum Gasteiger partial charge on any atom is 0.242 e. The fourth-order valence-corrected chi connectivity index (χ4v) is 5.11. The number of hydrogen-bond donors (Lipinski definition) is 1. The molecule has 1 aliphatic rings. The summed E-state index contributed by atoms with van der Waals surface area (Å²) < 4.78 is 42.9. The lowest BCUT2D eigenvalue weighted by Crippen LogP contribution is -2.48. The number of methoxy groups -OCH3 is 1. The molecular formula is C28H39N3O7S. The number of sulfonamides is 1. The zero-order valence-corrected chi connectivity index (χ0v) is 24.1. The Morgan fingerprint density at radius 1 is 1.03 bits per heavy atom. The van der Waals surface area contributed by atoms with Crippen molar-refractivity contribution in [1.29, 1.82) is 0 Å². The topological polar surface area (TPSA) is 114 Å². The molecule has 0 bridgehead atoms. The van der Waals surface area contributed by atoms with Crippen molar-refractivity contribution in [3.8, 4) is 17.2 Å². The van der Waals surface area contributed by atoms with Crippen LogP contribution in [0.1, 0.15) is 39.2 Å². The second kappa shape index (κ2) is 13.5. The molecule has 2 aromatic carbocycles. The number of amides is 2. The first-order valence-electron chi connectivity index (χ1n) is 13.1. The Balaban J connectivity index is 1.73. The molecule has 1 heterocycles. The first-order chi connectivity index (χ1) is 18.5. The van der Waals surface area contributed by atoms with Gasteiger partial charge in [0, 0.05) is 32.1 Å². The summed E-state index contributed by atoms with van der Waals surface area (Å²) in [6.07, 6.45) is 1.46. The largest absolute Gasteiger partial charge is 0.497 e. The summed E-state index contributed by atoms with van der Waals surface area (Å²) in [6.45, 7) is 7.36. The van der Waals surface area contributed by atoms with Gasteiger partial charge in [-0.3, -0.25) is 13.9 Å². The van der Waals surface area contributed by atoms with Gasteiger partial charge >= 0.3 is 0 Å². The van der Waals surface area contributed by atoms with Gasteiger partial charge in [-0.25, -0.2) is 8.42 Å². The van der Waals surface area contributed by atoms with Gasteiger partial charge in [0.05, 0.1) is 19.1 Å². The van der Waals surface area contributed by atoms with Crippen molar-refractivity contribution < 1.29 is 32.2 Å². The summed E-state index contributed by atoms with van der Waals surface area (Å²) >= 11 is 0. The van der Waals surface area contributed by atoms with Crippen LogP contribution in [0.25, 0.3) is 0 Å². The van der Waals surface area contributed by atoms with Gasteiger partial charge in [-0.05, 0) is 49.1 Å². The zero-order valence-electron chi connectivity index (χ0n) is 23.3. The highest BCUT2D eigenvalue weighted by Gasteiger charge is 2.27. The van der Waals surface area contributed by atoms with Crippen LogP contribution in [0.2, 0.25) is 0 Å². The molecule has 11 heteroatoms. The Labute approximate surface area is 231 Å². The predicted molar refractivity (Wildman–Crippen MR) is 150 cm³/mol. The molecule has 39 heavy (non-hydrogen) atoms. The summed E-state index contributed by atoms with van der Waals surface area (Å²) in [5, 5.41) is 2.90. The molecule has 0 radical (unpaired) electrons. The van der Waals surface area contributed by atoms with Gasteiger partial charge in [0.15, 0.2) is 11.5 Å². The number of nitrogens with zero attached hydrogens (tertiary/aromatic N) is 2. The fourth-order valence-electron chi connectivity index (χ4n) is 4.15. The standard InChI is InChI=1S/C28H39N3O7S/c1-20(2)18-29-28(33)21(3)30(19-22-8-11-24(36-4)12-9-22)27(32)7-6-14-31(39(5,34)35)23-10-13-25-26(17-23)38-16-15-37-25/h8-13,17,20-21H,6-7,14-16,18-19H2,1-5H3,(H,29,33)/t21-/m1/s1. The molecule has 0 unspecified atom stereocenters. The van der Waals surface area contributed by atoms with E-state index in [1.165, 1.54) is 9.21 Å². The third-order valence-electron chi connectivity index (χ3n) is 6.33. The van der Waals surface area contributed by atoms with Crippen LogP contribution < -0.4 is 23.8 Å². The van der Waals surface area contributed by atoms with E-state index in [4.69, 9.17) is 14.2 Å². The molecule has 2 amide bonds. The van der Waals surface area contributed by atoms with Crippen molar-refractivity contribution in [3.05, 3.63) is 48.0 Å². The molecule has 10 nitrogen and oxygen atoms in total. The summed E-state index contributed by atoms with van der Waals surface area (Å²) in [5.41, 5.74) is 1.28. The summed E-state index contributed by atoms with van der Waals surface area (Å²) in [4.78, 5) is 27.8. The molecule has 0 fully saturated rings. The van der Waals surface area contributed by atoms with Gasteiger partial charge < -0.3 is 24.4 Å². The van der Waals surface area contributed by atoms with Crippen molar-refractivity contribution in [1.82, 2.24) is 10.2 Å². The molecule has 1 N–H and O–H groups in total. The number of carbonyl (C=O) groups is 2. The van der Waals surface area contributed by atoms with E-state index in [1.54, 1.807) is 44.4 Å². The van der Waals surface area contributed by atoms with E-state index in [1.807, 2.05) is 26.0 Å². The van der Waals surface area contributed by atoms with Crippen molar-refractivity contribution in [2.45, 2.75) is 46.2 Å². The van der Waals surface area contributed by atoms with Crippen molar-refractivity contribution >= 4 is 27.5 Å². The molecule has 1 aliphatic heterocycles. The number of benzene rings is 2. The van der Waals surface area contributed by atoms with Gasteiger partial charge in [-0.1, -0.05) is 26.0 Å². The van der Waals surface area contributed by atoms with Crippen LogP contribution in [0.15, 0.2) is 42.5 Å². The van der Waals surface area contributed by atoms with Gasteiger partial charge in [0.1, 0.15) is 25.0 Å². The van der Waals surface area contributed by atoms with E-state index in [0.717, 1.165) is 11.8 Å². The lowest BCUT2D eigenvalue weighted by atomic mass is 10.1. The Hall–Kier alpha value is -3.47. The molecule has 3 rings (SSSR count). The monoisotopic (exact) mass is 561 g/mol. The number of ether oxygens (including phenoxy) is 3. The second-order valence-corrected chi connectivity index (χ2v) is 11.9. The van der Waals surface area contributed by atoms with E-state index < -0.39 is 16.1 Å². The predicted octanol–water partition coefficient (Wildman–Crippen LogP) is 3.20. The molecule has 1 atom stereocenters. The van der Waals surface area contributed by atoms with E-state index in [9.17, 15) is 18.0 Å². The maximum atomic E-state index is 13.4. The number of hydrogen-bond acceptors (Lipinski definition) is 7. The number of rotatable bonds is 13. The Morgan fingerprint density at radius 3 is 2.31 bits per heavy atom. The lowest BCUT2D eigenvalue weighted by Gasteiger charge is -2.30. The van der Waals surface area contributed by atoms with E-state index >= 15 is 0 Å². The Kier molecular flexibility index (Phi) is 10.4. The molecular weight excluding hydrogens is 522 g/mol. The van der Waals surface area contributed by atoms with E-state index in [0.29, 0.717) is 42.7 Å². The summed E-state index contributed by atoms with van der Waals surface area (Å²) in [6, 6.07) is 11.6. The molecule has 0 aromatic heterocycles. The quantitative estimate of drug-likeness (QED) is 0.399. The van der Waals surface area contributed by atoms with Gasteiger partial charge in [-0.15, -0.1) is 0 Å². The highest BCUT2D eigenvalue weighted by Crippen LogP contribution is 2.34. The van der Waals surface area contributed by atoms with Crippen LogP contribution in [0.4, 0.5) is 5.69 Å². The summed E-state index contributed by atoms with van der Waals surface area (Å²) in [7, 11) is -2.05. The molecule has 0 spiro atoms. The van der Waals surface area contributed by atoms with Crippen molar-refractivity contribution in [2.24, 2.45) is 5.92 Å². The molecule has 2 aromatic rings. The smallest absolute Gasteiger partial charge is 0.242 e.